The Hall–Kier alpha value is -1.08. The van der Waals surface area contributed by atoms with Gasteiger partial charge in [0.25, 0.3) is 0 Å². The zero-order valence-corrected chi connectivity index (χ0v) is 8.71. The Kier molecular flexibility index (Phi) is 6.02. The van der Waals surface area contributed by atoms with Gasteiger partial charge in [-0.15, -0.1) is 0 Å². The minimum Gasteiger partial charge on any atom is -0.462 e. The van der Waals surface area contributed by atoms with E-state index in [4.69, 9.17) is 10.00 Å². The molecule has 0 spiro atoms. The van der Waals surface area contributed by atoms with Crippen molar-refractivity contribution in [1.29, 1.82) is 5.26 Å². The molecule has 0 aliphatic rings. The van der Waals surface area contributed by atoms with Crippen LogP contribution in [0.15, 0.2) is 12.2 Å². The first kappa shape index (κ1) is 10.9. The van der Waals surface area contributed by atoms with Gasteiger partial charge >= 0.3 is 5.97 Å². The van der Waals surface area contributed by atoms with Crippen LogP contribution >= 0.6 is 0 Å². The highest BCUT2D eigenvalue weighted by molar-refractivity contribution is 6.33. The first-order chi connectivity index (χ1) is 5.72. The number of nitriles is 1. The number of hydrogen-bond acceptors (Lipinski definition) is 3. The smallest absolute Gasteiger partial charge is 0.348 e. The molecule has 0 aliphatic carbocycles. The zero-order valence-electron chi connectivity index (χ0n) is 7.30. The van der Waals surface area contributed by atoms with E-state index in [9.17, 15) is 4.79 Å². The van der Waals surface area contributed by atoms with Crippen LogP contribution < -0.4 is 0 Å². The molecular weight excluding hydrogens is 170 g/mol. The molecule has 0 radical (unpaired) electrons. The van der Waals surface area contributed by atoms with Crippen molar-refractivity contribution in [3.8, 4) is 6.07 Å². The monoisotopic (exact) mass is 183 g/mol. The fourth-order valence-corrected chi connectivity index (χ4v) is 1.35. The van der Waals surface area contributed by atoms with Gasteiger partial charge in [-0.25, -0.2) is 4.79 Å². The van der Waals surface area contributed by atoms with Gasteiger partial charge in [0.05, 0.1) is 6.61 Å². The minimum atomic E-state index is -0.588. The lowest BCUT2D eigenvalue weighted by atomic mass is 10.3. The highest BCUT2D eigenvalue weighted by Gasteiger charge is 2.05. The molecule has 4 heteroatoms. The van der Waals surface area contributed by atoms with Crippen LogP contribution in [0.3, 0.4) is 0 Å². The van der Waals surface area contributed by atoms with Gasteiger partial charge in [0.15, 0.2) is 0 Å². The first-order valence-electron chi connectivity index (χ1n) is 3.98. The van der Waals surface area contributed by atoms with Crippen molar-refractivity contribution in [3.05, 3.63) is 12.2 Å². The normalized spacial score (nSPS) is 9.67. The van der Waals surface area contributed by atoms with Crippen LogP contribution in [0.25, 0.3) is 0 Å². The second-order valence-electron chi connectivity index (χ2n) is 2.43. The molecule has 0 amide bonds. The Bertz CT molecular complexity index is 208. The summed E-state index contributed by atoms with van der Waals surface area (Å²) in [5.74, 6) is -0.588. The van der Waals surface area contributed by atoms with Gasteiger partial charge in [0.1, 0.15) is 11.6 Å². The molecule has 12 heavy (non-hydrogen) atoms. The number of esters is 1. The molecule has 0 rings (SSSR count). The van der Waals surface area contributed by atoms with Gasteiger partial charge < -0.3 is 4.74 Å². The number of carbonyl (C=O) groups excluding carboxylic acids is 1. The molecule has 0 atom stereocenters. The van der Waals surface area contributed by atoms with Crippen molar-refractivity contribution >= 4 is 15.5 Å². The maximum atomic E-state index is 10.8. The molecule has 3 nitrogen and oxygen atoms in total. The van der Waals surface area contributed by atoms with E-state index in [1.54, 1.807) is 6.07 Å². The lowest BCUT2D eigenvalue weighted by Crippen LogP contribution is -2.07. The summed E-state index contributed by atoms with van der Waals surface area (Å²) in [6, 6.07) is 2.82. The van der Waals surface area contributed by atoms with E-state index in [0.29, 0.717) is 6.61 Å². The van der Waals surface area contributed by atoms with Gasteiger partial charge in [-0.2, -0.15) is 5.26 Å². The third kappa shape index (κ3) is 4.69. The van der Waals surface area contributed by atoms with Gasteiger partial charge in [-0.05, 0) is 6.42 Å². The van der Waals surface area contributed by atoms with Gasteiger partial charge in [0.2, 0.25) is 0 Å². The number of hydrogen-bond donors (Lipinski definition) is 0. The van der Waals surface area contributed by atoms with Crippen molar-refractivity contribution in [2.24, 2.45) is 0 Å². The average molecular weight is 183 g/mol. The van der Waals surface area contributed by atoms with E-state index < -0.39 is 5.97 Å². The number of nitrogens with zero attached hydrogens (tertiary/aromatic N) is 1. The SMILES string of the molecule is C=C(C#N)C(=O)OCCC[SiH2]C. The molecule has 0 N–H and O–H groups in total. The fraction of sp³-hybridized carbons (Fsp3) is 0.500. The minimum absolute atomic E-state index is 0.0658. The van der Waals surface area contributed by atoms with Crippen molar-refractivity contribution in [2.75, 3.05) is 6.61 Å². The van der Waals surface area contributed by atoms with Gasteiger partial charge in [-0.3, -0.25) is 0 Å². The highest BCUT2D eigenvalue weighted by atomic mass is 28.2. The van der Waals surface area contributed by atoms with E-state index in [0.717, 1.165) is 6.42 Å². The molecule has 0 aromatic heterocycles. The summed E-state index contributed by atoms with van der Waals surface area (Å²) in [6.45, 7) is 5.87. The van der Waals surface area contributed by atoms with E-state index in [-0.39, 0.29) is 15.1 Å². The van der Waals surface area contributed by atoms with Crippen LogP contribution in [-0.4, -0.2) is 22.1 Å². The molecule has 0 fully saturated rings. The van der Waals surface area contributed by atoms with Crippen LogP contribution in [0, 0.1) is 11.3 Å². The number of ether oxygens (including phenoxy) is 1. The number of rotatable bonds is 5. The number of carbonyl (C=O) groups is 1. The molecule has 0 aromatic rings. The second-order valence-corrected chi connectivity index (χ2v) is 4.14. The Labute approximate surface area is 74.8 Å². The zero-order chi connectivity index (χ0) is 9.40. The van der Waals surface area contributed by atoms with Crippen LogP contribution in [-0.2, 0) is 9.53 Å². The molecule has 0 aromatic carbocycles. The Morgan fingerprint density at radius 3 is 2.92 bits per heavy atom. The lowest BCUT2D eigenvalue weighted by Gasteiger charge is -2.00. The molecule has 0 bridgehead atoms. The summed E-state index contributed by atoms with van der Waals surface area (Å²) >= 11 is 0. The molecule has 0 saturated carbocycles. The molecule has 0 heterocycles. The van der Waals surface area contributed by atoms with Crippen molar-refractivity contribution in [1.82, 2.24) is 0 Å². The van der Waals surface area contributed by atoms with E-state index in [2.05, 4.69) is 13.1 Å². The molecular formula is C8H13NO2Si. The summed E-state index contributed by atoms with van der Waals surface area (Å²) < 4.78 is 4.76. The summed E-state index contributed by atoms with van der Waals surface area (Å²) in [4.78, 5) is 10.8. The van der Waals surface area contributed by atoms with Crippen LogP contribution in [0.2, 0.25) is 12.6 Å². The molecule has 66 valence electrons. The lowest BCUT2D eigenvalue weighted by molar-refractivity contribution is -0.138. The van der Waals surface area contributed by atoms with Gasteiger partial charge in [-0.1, -0.05) is 19.2 Å². The summed E-state index contributed by atoms with van der Waals surface area (Å²) in [6.07, 6.45) is 0.910. The second kappa shape index (κ2) is 6.62. The van der Waals surface area contributed by atoms with Crippen LogP contribution in [0.1, 0.15) is 6.42 Å². The quantitative estimate of drug-likeness (QED) is 0.206. The molecule has 0 saturated heterocycles. The summed E-state index contributed by atoms with van der Waals surface area (Å²) in [5, 5.41) is 8.26. The molecule has 0 unspecified atom stereocenters. The van der Waals surface area contributed by atoms with E-state index in [1.165, 1.54) is 6.04 Å². The maximum absolute atomic E-state index is 10.8. The summed E-state index contributed by atoms with van der Waals surface area (Å²) in [5.41, 5.74) is -0.122. The summed E-state index contributed by atoms with van der Waals surface area (Å²) in [7, 11) is 0.0658. The fourth-order valence-electron chi connectivity index (χ4n) is 0.650. The average Bonchev–Trinajstić information content (AvgIpc) is 2.10. The Morgan fingerprint density at radius 1 is 1.75 bits per heavy atom. The van der Waals surface area contributed by atoms with Crippen molar-refractivity contribution in [2.45, 2.75) is 19.0 Å². The standard InChI is InChI=1S/C8H13NO2Si/c1-7(6-9)8(10)11-4-3-5-12-2/h1,3-5,12H2,2H3. The third-order valence-electron chi connectivity index (χ3n) is 1.36. The predicted octanol–water partition coefficient (Wildman–Crippen LogP) is 0.635. The van der Waals surface area contributed by atoms with Crippen LogP contribution in [0.5, 0.6) is 0 Å². The predicted molar refractivity (Wildman–Crippen MR) is 49.5 cm³/mol. The topological polar surface area (TPSA) is 50.1 Å². The van der Waals surface area contributed by atoms with Crippen molar-refractivity contribution in [3.63, 3.8) is 0 Å². The highest BCUT2D eigenvalue weighted by Crippen LogP contribution is 1.95. The maximum Gasteiger partial charge on any atom is 0.348 e. The third-order valence-corrected chi connectivity index (χ3v) is 2.57. The first-order valence-corrected chi connectivity index (χ1v) is 6.40. The Morgan fingerprint density at radius 2 is 2.42 bits per heavy atom. The van der Waals surface area contributed by atoms with Gasteiger partial charge in [0, 0.05) is 9.52 Å². The Balaban J connectivity index is 3.46. The molecule has 0 aliphatic heterocycles. The van der Waals surface area contributed by atoms with Crippen LogP contribution in [0.4, 0.5) is 0 Å². The van der Waals surface area contributed by atoms with Crippen molar-refractivity contribution < 1.29 is 9.53 Å². The van der Waals surface area contributed by atoms with E-state index in [1.807, 2.05) is 0 Å². The van der Waals surface area contributed by atoms with E-state index >= 15 is 0 Å². The largest absolute Gasteiger partial charge is 0.462 e.